The lowest BCUT2D eigenvalue weighted by molar-refractivity contribution is -0.362. The molecule has 0 fully saturated rings. The van der Waals surface area contributed by atoms with E-state index in [9.17, 15) is 8.42 Å². The van der Waals surface area contributed by atoms with E-state index in [1.807, 2.05) is 13.8 Å². The summed E-state index contributed by atoms with van der Waals surface area (Å²) >= 11 is 0. The minimum absolute atomic E-state index is 0.107. The van der Waals surface area contributed by atoms with Crippen molar-refractivity contribution in [3.63, 3.8) is 0 Å². The number of benzene rings is 1. The van der Waals surface area contributed by atoms with E-state index in [0.717, 1.165) is 12.8 Å². The molecule has 0 aromatic heterocycles. The van der Waals surface area contributed by atoms with Gasteiger partial charge in [-0.1, -0.05) is 38.5 Å². The summed E-state index contributed by atoms with van der Waals surface area (Å²) in [6, 6.07) is 7.97. The second kappa shape index (κ2) is 8.27. The summed E-state index contributed by atoms with van der Waals surface area (Å²) in [5, 5.41) is 0. The van der Waals surface area contributed by atoms with Crippen molar-refractivity contribution in [2.75, 3.05) is 6.61 Å². The van der Waals surface area contributed by atoms with Crippen molar-refractivity contribution in [3.05, 3.63) is 30.3 Å². The molecule has 0 radical (unpaired) electrons. The number of hydrogen-bond donors (Lipinski definition) is 0. The molecule has 0 heterocycles. The van der Waals surface area contributed by atoms with Gasteiger partial charge in [0.2, 0.25) is 6.29 Å². The summed E-state index contributed by atoms with van der Waals surface area (Å²) in [6.07, 6.45) is 1.03. The van der Waals surface area contributed by atoms with Crippen LogP contribution in [-0.4, -0.2) is 21.3 Å². The van der Waals surface area contributed by atoms with E-state index >= 15 is 0 Å². The van der Waals surface area contributed by atoms with Gasteiger partial charge in [0.25, 0.3) is 10.1 Å². The molecule has 108 valence electrons. The maximum atomic E-state index is 12.0. The standard InChI is InChI=1S/C13H20O5S/c1-3-8-13(17-16-11-4-2)18-19(14,15)12-9-6-5-7-10-12/h5-7,9-10,13H,3-4,8,11H2,1-2H3. The largest absolute Gasteiger partial charge is 0.299 e. The molecular formula is C13H20O5S. The van der Waals surface area contributed by atoms with Crippen LogP contribution in [0.2, 0.25) is 0 Å². The molecule has 0 saturated heterocycles. The topological polar surface area (TPSA) is 61.8 Å². The van der Waals surface area contributed by atoms with Gasteiger partial charge in [0.15, 0.2) is 0 Å². The van der Waals surface area contributed by atoms with E-state index in [1.165, 1.54) is 12.1 Å². The number of rotatable bonds is 9. The Balaban J connectivity index is 2.67. The third-order valence-electron chi connectivity index (χ3n) is 2.25. The van der Waals surface area contributed by atoms with Crippen LogP contribution in [0.15, 0.2) is 35.2 Å². The van der Waals surface area contributed by atoms with Gasteiger partial charge in [-0.25, -0.2) is 14.0 Å². The van der Waals surface area contributed by atoms with Gasteiger partial charge in [-0.15, -0.1) is 0 Å². The smallest absolute Gasteiger partial charge is 0.234 e. The predicted octanol–water partition coefficient (Wildman–Crippen LogP) is 2.88. The normalized spacial score (nSPS) is 13.4. The van der Waals surface area contributed by atoms with Crippen LogP contribution in [0.3, 0.4) is 0 Å². The van der Waals surface area contributed by atoms with Crippen LogP contribution >= 0.6 is 0 Å². The van der Waals surface area contributed by atoms with E-state index in [0.29, 0.717) is 13.0 Å². The van der Waals surface area contributed by atoms with Crippen molar-refractivity contribution in [2.24, 2.45) is 0 Å². The van der Waals surface area contributed by atoms with Crippen LogP contribution in [0.1, 0.15) is 33.1 Å². The molecule has 0 saturated carbocycles. The van der Waals surface area contributed by atoms with Crippen LogP contribution in [0.4, 0.5) is 0 Å². The second-order valence-corrected chi connectivity index (χ2v) is 5.57. The summed E-state index contributed by atoms with van der Waals surface area (Å²) in [5.41, 5.74) is 0. The third kappa shape index (κ3) is 5.69. The summed E-state index contributed by atoms with van der Waals surface area (Å²) in [6.45, 7) is 4.24. The Bertz CT molecular complexity index is 443. The summed E-state index contributed by atoms with van der Waals surface area (Å²) in [5.74, 6) is 0. The van der Waals surface area contributed by atoms with Crippen LogP contribution < -0.4 is 0 Å². The Morgan fingerprint density at radius 2 is 1.79 bits per heavy atom. The molecule has 0 aliphatic carbocycles. The van der Waals surface area contributed by atoms with Gasteiger partial charge in [-0.3, -0.25) is 0 Å². The van der Waals surface area contributed by atoms with Crippen molar-refractivity contribution in [2.45, 2.75) is 44.3 Å². The first-order valence-corrected chi connectivity index (χ1v) is 7.77. The monoisotopic (exact) mass is 288 g/mol. The summed E-state index contributed by atoms with van der Waals surface area (Å²) in [4.78, 5) is 9.98. The summed E-state index contributed by atoms with van der Waals surface area (Å²) < 4.78 is 29.0. The van der Waals surface area contributed by atoms with Crippen molar-refractivity contribution in [1.29, 1.82) is 0 Å². The molecule has 1 atom stereocenters. The van der Waals surface area contributed by atoms with E-state index in [1.54, 1.807) is 18.2 Å². The average molecular weight is 288 g/mol. The molecule has 1 rings (SSSR count). The second-order valence-electron chi connectivity index (χ2n) is 4.00. The molecule has 0 bridgehead atoms. The molecule has 0 spiro atoms. The molecule has 1 unspecified atom stereocenters. The predicted molar refractivity (Wildman–Crippen MR) is 70.7 cm³/mol. The highest BCUT2D eigenvalue weighted by Crippen LogP contribution is 2.16. The highest BCUT2D eigenvalue weighted by molar-refractivity contribution is 7.86. The zero-order chi connectivity index (χ0) is 14.1. The van der Waals surface area contributed by atoms with Gasteiger partial charge in [0.05, 0.1) is 11.5 Å². The Kier molecular flexibility index (Phi) is 7.01. The van der Waals surface area contributed by atoms with Gasteiger partial charge in [0.1, 0.15) is 0 Å². The van der Waals surface area contributed by atoms with Crippen LogP contribution in [-0.2, 0) is 24.1 Å². The first kappa shape index (κ1) is 16.1. The minimum atomic E-state index is -3.82. The van der Waals surface area contributed by atoms with Gasteiger partial charge in [0, 0.05) is 6.42 Å². The highest BCUT2D eigenvalue weighted by atomic mass is 32.2. The molecule has 19 heavy (non-hydrogen) atoms. The Labute approximate surface area is 114 Å². The maximum absolute atomic E-state index is 12.0. The molecule has 0 N–H and O–H groups in total. The van der Waals surface area contributed by atoms with E-state index in [2.05, 4.69) is 0 Å². The lowest BCUT2D eigenvalue weighted by atomic mass is 10.3. The van der Waals surface area contributed by atoms with E-state index in [4.69, 9.17) is 14.0 Å². The summed E-state index contributed by atoms with van der Waals surface area (Å²) in [7, 11) is -3.82. The first-order chi connectivity index (χ1) is 9.10. The van der Waals surface area contributed by atoms with E-state index in [-0.39, 0.29) is 4.90 Å². The molecule has 0 aliphatic rings. The molecule has 0 aliphatic heterocycles. The van der Waals surface area contributed by atoms with E-state index < -0.39 is 16.4 Å². The maximum Gasteiger partial charge on any atom is 0.299 e. The minimum Gasteiger partial charge on any atom is -0.234 e. The Morgan fingerprint density at radius 1 is 1.11 bits per heavy atom. The van der Waals surface area contributed by atoms with Crippen LogP contribution in [0, 0.1) is 0 Å². The molecule has 6 heteroatoms. The third-order valence-corrected chi connectivity index (χ3v) is 3.57. The van der Waals surface area contributed by atoms with Gasteiger partial charge in [-0.2, -0.15) is 8.42 Å². The van der Waals surface area contributed by atoms with Crippen molar-refractivity contribution in [3.8, 4) is 0 Å². The fraction of sp³-hybridized carbons (Fsp3) is 0.538. The van der Waals surface area contributed by atoms with Gasteiger partial charge >= 0.3 is 0 Å². The molecular weight excluding hydrogens is 268 g/mol. The quantitative estimate of drug-likeness (QED) is 0.230. The molecule has 1 aromatic carbocycles. The average Bonchev–Trinajstić information content (AvgIpc) is 2.40. The Morgan fingerprint density at radius 3 is 2.37 bits per heavy atom. The van der Waals surface area contributed by atoms with Crippen molar-refractivity contribution >= 4 is 10.1 Å². The van der Waals surface area contributed by atoms with Crippen LogP contribution in [0.25, 0.3) is 0 Å². The van der Waals surface area contributed by atoms with Crippen LogP contribution in [0.5, 0.6) is 0 Å². The lowest BCUT2D eigenvalue weighted by Gasteiger charge is -2.16. The van der Waals surface area contributed by atoms with Gasteiger partial charge < -0.3 is 0 Å². The SMILES string of the molecule is CCCOOC(CCC)OS(=O)(=O)c1ccccc1. The van der Waals surface area contributed by atoms with Crippen molar-refractivity contribution < 1.29 is 22.4 Å². The molecule has 1 aromatic rings. The molecule has 5 nitrogen and oxygen atoms in total. The highest BCUT2D eigenvalue weighted by Gasteiger charge is 2.22. The lowest BCUT2D eigenvalue weighted by Crippen LogP contribution is -2.22. The fourth-order valence-electron chi connectivity index (χ4n) is 1.34. The number of hydrogen-bond acceptors (Lipinski definition) is 5. The van der Waals surface area contributed by atoms with Gasteiger partial charge in [-0.05, 0) is 18.6 Å². The molecule has 0 amide bonds. The van der Waals surface area contributed by atoms with Crippen molar-refractivity contribution in [1.82, 2.24) is 0 Å². The Hall–Kier alpha value is -0.950. The fourth-order valence-corrected chi connectivity index (χ4v) is 2.35. The zero-order valence-electron chi connectivity index (χ0n) is 11.2. The first-order valence-electron chi connectivity index (χ1n) is 6.36. The zero-order valence-corrected chi connectivity index (χ0v) is 12.1.